The van der Waals surface area contributed by atoms with E-state index in [4.69, 9.17) is 0 Å². The van der Waals surface area contributed by atoms with Gasteiger partial charge in [0, 0.05) is 0 Å². The van der Waals surface area contributed by atoms with E-state index in [9.17, 15) is 9.90 Å². The average molecular weight is 244 g/mol. The zero-order valence-electron chi connectivity index (χ0n) is 10.7. The average Bonchev–Trinajstić information content (AvgIpc) is 2.80. The van der Waals surface area contributed by atoms with Crippen molar-refractivity contribution in [1.82, 2.24) is 0 Å². The molecular weight excluding hydrogens is 224 g/mol. The van der Waals surface area contributed by atoms with Gasteiger partial charge < -0.3 is 5.11 Å². The largest absolute Gasteiger partial charge is 0.481 e. The van der Waals surface area contributed by atoms with Crippen molar-refractivity contribution in [3.8, 4) is 0 Å². The number of carboxylic acid groups (broad SMARTS) is 1. The molecule has 96 valence electrons. The molecule has 1 N–H and O–H groups in total. The molecule has 3 rings (SSSR count). The molecule has 0 spiro atoms. The second-order valence-corrected chi connectivity index (χ2v) is 5.85. The van der Waals surface area contributed by atoms with Gasteiger partial charge in [0.1, 0.15) is 0 Å². The van der Waals surface area contributed by atoms with E-state index in [2.05, 4.69) is 12.1 Å². The van der Waals surface area contributed by atoms with Gasteiger partial charge in [-0.15, -0.1) is 0 Å². The minimum atomic E-state index is -0.641. The molecule has 1 aromatic carbocycles. The minimum Gasteiger partial charge on any atom is -0.481 e. The van der Waals surface area contributed by atoms with Gasteiger partial charge in [-0.05, 0) is 42.7 Å². The fourth-order valence-electron chi connectivity index (χ4n) is 3.51. The van der Waals surface area contributed by atoms with Crippen molar-refractivity contribution in [2.75, 3.05) is 0 Å². The fraction of sp³-hybridized carbons (Fsp3) is 0.562. The Kier molecular flexibility index (Phi) is 2.89. The number of hydrogen-bond acceptors (Lipinski definition) is 1. The highest BCUT2D eigenvalue weighted by atomic mass is 16.4. The Balaban J connectivity index is 1.92. The van der Waals surface area contributed by atoms with Crippen molar-refractivity contribution in [2.45, 2.75) is 56.3 Å². The molecule has 2 aliphatic carbocycles. The molecule has 0 atom stereocenters. The van der Waals surface area contributed by atoms with Gasteiger partial charge in [0.25, 0.3) is 0 Å². The third-order valence-corrected chi connectivity index (χ3v) is 4.88. The van der Waals surface area contributed by atoms with Crippen LogP contribution in [0.15, 0.2) is 24.3 Å². The monoisotopic (exact) mass is 244 g/mol. The number of aliphatic carboxylic acids is 1. The van der Waals surface area contributed by atoms with Crippen LogP contribution in [0.5, 0.6) is 0 Å². The maximum atomic E-state index is 11.5. The van der Waals surface area contributed by atoms with E-state index < -0.39 is 11.4 Å². The van der Waals surface area contributed by atoms with Gasteiger partial charge in [0.15, 0.2) is 0 Å². The lowest BCUT2D eigenvalue weighted by atomic mass is 9.64. The molecule has 2 fully saturated rings. The molecule has 18 heavy (non-hydrogen) atoms. The normalized spacial score (nSPS) is 22.7. The van der Waals surface area contributed by atoms with Crippen molar-refractivity contribution in [1.29, 1.82) is 0 Å². The van der Waals surface area contributed by atoms with Crippen LogP contribution in [0.1, 0.15) is 62.0 Å². The molecule has 0 aromatic heterocycles. The molecule has 0 saturated heterocycles. The molecule has 0 bridgehead atoms. The summed E-state index contributed by atoms with van der Waals surface area (Å²) in [6.07, 6.45) is 7.82. The fourth-order valence-corrected chi connectivity index (χ4v) is 3.51. The molecule has 2 aliphatic rings. The first kappa shape index (κ1) is 11.8. The number of hydrogen-bond donors (Lipinski definition) is 1. The van der Waals surface area contributed by atoms with Crippen LogP contribution in [0, 0.1) is 0 Å². The third-order valence-electron chi connectivity index (χ3n) is 4.88. The maximum absolute atomic E-state index is 11.5. The molecule has 0 aliphatic heterocycles. The lowest BCUT2D eigenvalue weighted by molar-refractivity contribution is -0.147. The van der Waals surface area contributed by atoms with Crippen molar-refractivity contribution in [3.05, 3.63) is 35.4 Å². The molecule has 1 aromatic rings. The van der Waals surface area contributed by atoms with Crippen LogP contribution in [-0.4, -0.2) is 11.1 Å². The van der Waals surface area contributed by atoms with Crippen LogP contribution in [0.3, 0.4) is 0 Å². The van der Waals surface area contributed by atoms with Gasteiger partial charge in [-0.1, -0.05) is 43.5 Å². The number of benzene rings is 1. The van der Waals surface area contributed by atoms with E-state index in [-0.39, 0.29) is 0 Å². The summed E-state index contributed by atoms with van der Waals surface area (Å²) in [5.74, 6) is 0.0215. The Bertz CT molecular complexity index is 454. The first-order valence-electron chi connectivity index (χ1n) is 7.06. The number of rotatable bonds is 3. The highest BCUT2D eigenvalue weighted by molar-refractivity contribution is 5.82. The first-order valence-corrected chi connectivity index (χ1v) is 7.06. The predicted octanol–water partition coefficient (Wildman–Crippen LogP) is 3.85. The molecule has 2 saturated carbocycles. The van der Waals surface area contributed by atoms with Gasteiger partial charge in [0.2, 0.25) is 0 Å². The summed E-state index contributed by atoms with van der Waals surface area (Å²) in [6, 6.07) is 8.40. The molecule has 0 unspecified atom stereocenters. The summed E-state index contributed by atoms with van der Waals surface area (Å²) in [7, 11) is 0. The summed E-state index contributed by atoms with van der Waals surface area (Å²) >= 11 is 0. The quantitative estimate of drug-likeness (QED) is 0.876. The second kappa shape index (κ2) is 4.42. The summed E-state index contributed by atoms with van der Waals surface area (Å²) in [5, 5.41) is 9.49. The highest BCUT2D eigenvalue weighted by Gasteiger charge is 2.46. The SMILES string of the molecule is O=C(O)C1(c2cccc(C3CCCC3)c2)CCC1. The molecule has 2 heteroatoms. The van der Waals surface area contributed by atoms with E-state index in [0.717, 1.165) is 24.8 Å². The van der Waals surface area contributed by atoms with Gasteiger partial charge >= 0.3 is 5.97 Å². The zero-order chi connectivity index (χ0) is 12.6. The van der Waals surface area contributed by atoms with Gasteiger partial charge in [-0.3, -0.25) is 4.79 Å². The minimum absolute atomic E-state index is 0.575. The van der Waals surface area contributed by atoms with E-state index in [1.54, 1.807) is 0 Å². The Morgan fingerprint density at radius 3 is 2.44 bits per heavy atom. The predicted molar refractivity (Wildman–Crippen MR) is 70.8 cm³/mol. The Morgan fingerprint density at radius 1 is 1.17 bits per heavy atom. The van der Waals surface area contributed by atoms with Crippen LogP contribution < -0.4 is 0 Å². The lowest BCUT2D eigenvalue weighted by Crippen LogP contribution is -2.42. The van der Waals surface area contributed by atoms with Crippen LogP contribution in [0.25, 0.3) is 0 Å². The molecular formula is C16H20O2. The Morgan fingerprint density at radius 2 is 1.89 bits per heavy atom. The Labute approximate surface area is 108 Å². The third kappa shape index (κ3) is 1.75. The summed E-state index contributed by atoms with van der Waals surface area (Å²) in [5.41, 5.74) is 1.82. The van der Waals surface area contributed by atoms with Crippen molar-refractivity contribution >= 4 is 5.97 Å². The van der Waals surface area contributed by atoms with Crippen molar-refractivity contribution < 1.29 is 9.90 Å². The second-order valence-electron chi connectivity index (χ2n) is 5.85. The summed E-state index contributed by atoms with van der Waals surface area (Å²) in [6.45, 7) is 0. The van der Waals surface area contributed by atoms with E-state index >= 15 is 0 Å². The van der Waals surface area contributed by atoms with Crippen LogP contribution in [0.2, 0.25) is 0 Å². The smallest absolute Gasteiger partial charge is 0.314 e. The van der Waals surface area contributed by atoms with Crippen molar-refractivity contribution in [3.63, 3.8) is 0 Å². The van der Waals surface area contributed by atoms with Crippen LogP contribution in [0.4, 0.5) is 0 Å². The first-order chi connectivity index (χ1) is 8.72. The van der Waals surface area contributed by atoms with Crippen LogP contribution >= 0.6 is 0 Å². The lowest BCUT2D eigenvalue weighted by Gasteiger charge is -2.38. The van der Waals surface area contributed by atoms with Gasteiger partial charge in [-0.25, -0.2) is 0 Å². The molecule has 0 radical (unpaired) electrons. The number of carbonyl (C=O) groups is 1. The molecule has 2 nitrogen and oxygen atoms in total. The molecule has 0 heterocycles. The van der Waals surface area contributed by atoms with E-state index in [0.29, 0.717) is 5.92 Å². The van der Waals surface area contributed by atoms with Gasteiger partial charge in [-0.2, -0.15) is 0 Å². The molecule has 0 amide bonds. The highest BCUT2D eigenvalue weighted by Crippen LogP contribution is 2.45. The zero-order valence-corrected chi connectivity index (χ0v) is 10.7. The maximum Gasteiger partial charge on any atom is 0.314 e. The van der Waals surface area contributed by atoms with E-state index in [1.807, 2.05) is 12.1 Å². The topological polar surface area (TPSA) is 37.3 Å². The van der Waals surface area contributed by atoms with Crippen LogP contribution in [-0.2, 0) is 10.2 Å². The standard InChI is InChI=1S/C16H20O2/c17-15(18)16(9-4-10-16)14-8-3-7-13(11-14)12-5-1-2-6-12/h3,7-8,11-12H,1-2,4-6,9-10H2,(H,17,18). The van der Waals surface area contributed by atoms with Gasteiger partial charge in [0.05, 0.1) is 5.41 Å². The van der Waals surface area contributed by atoms with Crippen molar-refractivity contribution in [2.24, 2.45) is 0 Å². The number of carboxylic acids is 1. The Hall–Kier alpha value is -1.31. The summed E-state index contributed by atoms with van der Waals surface area (Å²) < 4.78 is 0. The van der Waals surface area contributed by atoms with E-state index in [1.165, 1.54) is 31.2 Å². The summed E-state index contributed by atoms with van der Waals surface area (Å²) in [4.78, 5) is 11.5.